The Hall–Kier alpha value is -4.11. The van der Waals surface area contributed by atoms with Gasteiger partial charge in [0.15, 0.2) is 0 Å². The van der Waals surface area contributed by atoms with Gasteiger partial charge in [0.05, 0.1) is 12.1 Å². The highest BCUT2D eigenvalue weighted by Gasteiger charge is 2.30. The molecule has 0 radical (unpaired) electrons. The second-order valence-corrected chi connectivity index (χ2v) is 10.7. The number of nitrogens with zero attached hydrogens (tertiary/aromatic N) is 2. The molecule has 0 bridgehead atoms. The van der Waals surface area contributed by atoms with Crippen LogP contribution in [0.15, 0.2) is 97.1 Å². The lowest BCUT2D eigenvalue weighted by atomic mass is 10.1. The zero-order valence-electron chi connectivity index (χ0n) is 23.3. The van der Waals surface area contributed by atoms with Crippen molar-refractivity contribution < 1.29 is 9.47 Å². The number of para-hydroxylation sites is 2. The summed E-state index contributed by atoms with van der Waals surface area (Å²) >= 11 is 0. The molecule has 4 aromatic carbocycles. The summed E-state index contributed by atoms with van der Waals surface area (Å²) in [5.41, 5.74) is 7.03. The fourth-order valence-corrected chi connectivity index (χ4v) is 5.32. The Labute approximate surface area is 238 Å². The summed E-state index contributed by atoms with van der Waals surface area (Å²) in [5, 5.41) is 12.9. The lowest BCUT2D eigenvalue weighted by Crippen LogP contribution is -2.36. The third-order valence-corrected chi connectivity index (χ3v) is 7.43. The monoisotopic (exact) mass is 531 g/mol. The number of nitrogens with one attached hydrogen (secondary N) is 1. The van der Waals surface area contributed by atoms with E-state index in [9.17, 15) is 5.26 Å². The van der Waals surface area contributed by atoms with Gasteiger partial charge in [0.2, 0.25) is 0 Å². The zero-order valence-corrected chi connectivity index (χ0v) is 23.3. The van der Waals surface area contributed by atoms with Crippen LogP contribution in [0.25, 0.3) is 0 Å². The summed E-state index contributed by atoms with van der Waals surface area (Å²) in [6.07, 6.45) is 0.787. The summed E-state index contributed by atoms with van der Waals surface area (Å²) in [6, 6.07) is 35.9. The van der Waals surface area contributed by atoms with Crippen molar-refractivity contribution in [3.8, 4) is 17.6 Å². The van der Waals surface area contributed by atoms with Gasteiger partial charge in [-0.3, -0.25) is 4.90 Å². The van der Waals surface area contributed by atoms with E-state index in [4.69, 9.17) is 9.47 Å². The summed E-state index contributed by atoms with van der Waals surface area (Å²) in [6.45, 7) is 7.44. The first-order chi connectivity index (χ1) is 19.6. The number of rotatable bonds is 11. The van der Waals surface area contributed by atoms with E-state index in [1.165, 1.54) is 11.1 Å². The zero-order chi connectivity index (χ0) is 27.7. The van der Waals surface area contributed by atoms with Crippen molar-refractivity contribution in [3.05, 3.63) is 130 Å². The van der Waals surface area contributed by atoms with Crippen LogP contribution >= 0.6 is 0 Å². The molecule has 0 saturated carbocycles. The van der Waals surface area contributed by atoms with Crippen molar-refractivity contribution in [2.45, 2.75) is 58.7 Å². The maximum absolute atomic E-state index is 9.56. The lowest BCUT2D eigenvalue weighted by Gasteiger charge is -2.30. The van der Waals surface area contributed by atoms with Gasteiger partial charge in [0, 0.05) is 36.8 Å². The Kier molecular flexibility index (Phi) is 9.13. The highest BCUT2D eigenvalue weighted by atomic mass is 16.5. The fraction of sp³-hybridized carbons (Fsp3) is 0.286. The number of nitriles is 1. The van der Waals surface area contributed by atoms with Crippen LogP contribution in [0.5, 0.6) is 11.5 Å². The Bertz CT molecular complexity index is 1370. The van der Waals surface area contributed by atoms with Gasteiger partial charge in [0.1, 0.15) is 24.7 Å². The normalized spacial score (nSPS) is 16.6. The average Bonchev–Trinajstić information content (AvgIpc) is 3.45. The Morgan fingerprint density at radius 1 is 0.750 bits per heavy atom. The number of ether oxygens (including phenoxy) is 2. The fourth-order valence-electron chi connectivity index (χ4n) is 5.32. The molecular weight excluding hydrogens is 494 g/mol. The molecule has 1 heterocycles. The van der Waals surface area contributed by atoms with Crippen LogP contribution in [-0.4, -0.2) is 23.5 Å². The molecule has 2 atom stereocenters. The van der Waals surface area contributed by atoms with Gasteiger partial charge < -0.3 is 14.8 Å². The van der Waals surface area contributed by atoms with E-state index in [1.807, 2.05) is 24.3 Å². The molecule has 1 saturated heterocycles. The lowest BCUT2D eigenvalue weighted by molar-refractivity contribution is 0.181. The van der Waals surface area contributed by atoms with Gasteiger partial charge >= 0.3 is 0 Å². The molecule has 0 unspecified atom stereocenters. The molecule has 5 nitrogen and oxygen atoms in total. The van der Waals surface area contributed by atoms with Crippen molar-refractivity contribution in [2.24, 2.45) is 0 Å². The smallest absolute Gasteiger partial charge is 0.124 e. The van der Waals surface area contributed by atoms with E-state index < -0.39 is 0 Å². The van der Waals surface area contributed by atoms with Crippen molar-refractivity contribution >= 4 is 0 Å². The molecule has 40 heavy (non-hydrogen) atoms. The van der Waals surface area contributed by atoms with E-state index in [-0.39, 0.29) is 12.1 Å². The Balaban J connectivity index is 1.35. The van der Waals surface area contributed by atoms with Crippen molar-refractivity contribution in [1.29, 1.82) is 5.26 Å². The number of aryl methyl sites for hydroxylation is 2. The molecule has 5 heteroatoms. The minimum atomic E-state index is -0.131. The first-order valence-electron chi connectivity index (χ1n) is 14.0. The summed E-state index contributed by atoms with van der Waals surface area (Å²) in [7, 11) is 0. The second kappa shape index (κ2) is 13.3. The Morgan fingerprint density at radius 3 is 1.75 bits per heavy atom. The highest BCUT2D eigenvalue weighted by Crippen LogP contribution is 2.28. The van der Waals surface area contributed by atoms with E-state index >= 15 is 0 Å². The first kappa shape index (κ1) is 27.5. The molecule has 0 spiro atoms. The molecule has 1 aliphatic rings. The van der Waals surface area contributed by atoms with Gasteiger partial charge in [-0.15, -0.1) is 0 Å². The van der Waals surface area contributed by atoms with Crippen LogP contribution in [0.2, 0.25) is 0 Å². The molecular formula is C35H37N3O2. The summed E-state index contributed by atoms with van der Waals surface area (Å²) in [5.74, 6) is 1.78. The molecule has 204 valence electrons. The van der Waals surface area contributed by atoms with Gasteiger partial charge in [0.25, 0.3) is 0 Å². The predicted octanol–water partition coefficient (Wildman–Crippen LogP) is 6.72. The SMILES string of the molecule is Cc1cccc(COc2ccccc2CN(Cc2ccccc2OCc2cccc(C)c2)[C@@H]2CN[C@@H](C#N)C2)c1. The average molecular weight is 532 g/mol. The minimum Gasteiger partial charge on any atom is -0.489 e. The predicted molar refractivity (Wildman–Crippen MR) is 159 cm³/mol. The number of hydrogen-bond acceptors (Lipinski definition) is 5. The maximum Gasteiger partial charge on any atom is 0.124 e. The molecule has 0 amide bonds. The molecule has 4 aromatic rings. The third kappa shape index (κ3) is 7.30. The van der Waals surface area contributed by atoms with Crippen LogP contribution in [-0.2, 0) is 26.3 Å². The highest BCUT2D eigenvalue weighted by molar-refractivity contribution is 5.36. The van der Waals surface area contributed by atoms with Crippen molar-refractivity contribution in [2.75, 3.05) is 6.54 Å². The largest absolute Gasteiger partial charge is 0.489 e. The van der Waals surface area contributed by atoms with E-state index in [1.54, 1.807) is 0 Å². The number of benzene rings is 4. The van der Waals surface area contributed by atoms with Gasteiger partial charge in [-0.25, -0.2) is 0 Å². The first-order valence-corrected chi connectivity index (χ1v) is 14.0. The standard InChI is InChI=1S/C35H37N3O2/c1-26-9-7-11-28(17-26)24-39-34-15-5-3-13-30(34)22-38(33-19-32(20-36)37-21-33)23-31-14-4-6-16-35(31)40-25-29-12-8-10-27(2)18-29/h3-18,32-33,37H,19,21-25H2,1-2H3/t32-,33+/m1/s1. The minimum absolute atomic E-state index is 0.131. The van der Waals surface area contributed by atoms with Gasteiger partial charge in [-0.2, -0.15) is 5.26 Å². The molecule has 1 N–H and O–H groups in total. The van der Waals surface area contributed by atoms with Crippen molar-refractivity contribution in [1.82, 2.24) is 10.2 Å². The third-order valence-electron chi connectivity index (χ3n) is 7.43. The van der Waals surface area contributed by atoms with Gasteiger partial charge in [-0.1, -0.05) is 96.1 Å². The van der Waals surface area contributed by atoms with Crippen LogP contribution in [0.4, 0.5) is 0 Å². The van der Waals surface area contributed by atoms with Gasteiger partial charge in [-0.05, 0) is 43.5 Å². The van der Waals surface area contributed by atoms with E-state index in [0.29, 0.717) is 26.3 Å². The van der Waals surface area contributed by atoms with Crippen LogP contribution in [0.1, 0.15) is 39.8 Å². The quantitative estimate of drug-likeness (QED) is 0.233. The summed E-state index contributed by atoms with van der Waals surface area (Å²) in [4.78, 5) is 2.45. The molecule has 1 aliphatic heterocycles. The van der Waals surface area contributed by atoms with Crippen LogP contribution in [0, 0.1) is 25.2 Å². The topological polar surface area (TPSA) is 57.5 Å². The van der Waals surface area contributed by atoms with Crippen molar-refractivity contribution in [3.63, 3.8) is 0 Å². The Morgan fingerprint density at radius 2 is 1.27 bits per heavy atom. The molecule has 1 fully saturated rings. The molecule has 5 rings (SSSR count). The second-order valence-electron chi connectivity index (χ2n) is 10.7. The van der Waals surface area contributed by atoms with Crippen LogP contribution < -0.4 is 14.8 Å². The number of hydrogen-bond donors (Lipinski definition) is 1. The maximum atomic E-state index is 9.56. The van der Waals surface area contributed by atoms with E-state index in [0.717, 1.165) is 46.7 Å². The van der Waals surface area contributed by atoms with E-state index in [2.05, 4.69) is 103 Å². The molecule has 0 aliphatic carbocycles. The summed E-state index contributed by atoms with van der Waals surface area (Å²) < 4.78 is 12.7. The molecule has 0 aromatic heterocycles. The van der Waals surface area contributed by atoms with Crippen LogP contribution in [0.3, 0.4) is 0 Å².